The van der Waals surface area contributed by atoms with Crippen molar-refractivity contribution in [2.75, 3.05) is 6.54 Å². The molecule has 9 nitrogen and oxygen atoms in total. The number of alkyl carbamates (subject to hydrolysis) is 1. The number of rotatable bonds is 16. The summed E-state index contributed by atoms with van der Waals surface area (Å²) in [4.78, 5) is 53.7. The zero-order chi connectivity index (χ0) is 29.6. The van der Waals surface area contributed by atoms with Crippen LogP contribution in [-0.2, 0) is 19.1 Å². The third-order valence-electron chi connectivity index (χ3n) is 6.27. The van der Waals surface area contributed by atoms with Crippen LogP contribution in [0.5, 0.6) is 0 Å². The molecular formula is C30H50N4O5. The first-order valence-electron chi connectivity index (χ1n) is 14.2. The molecule has 1 aromatic rings. The van der Waals surface area contributed by atoms with E-state index in [1.165, 1.54) is 4.90 Å². The van der Waals surface area contributed by atoms with Crippen LogP contribution in [0, 0.1) is 6.92 Å². The van der Waals surface area contributed by atoms with Crippen molar-refractivity contribution in [1.29, 1.82) is 0 Å². The topological polar surface area (TPSA) is 131 Å². The summed E-state index contributed by atoms with van der Waals surface area (Å²) in [6, 6.07) is 5.47. The first kappa shape index (κ1) is 33.9. The number of carbonyl (C=O) groups is 4. The van der Waals surface area contributed by atoms with Crippen LogP contribution < -0.4 is 16.4 Å². The highest BCUT2D eigenvalue weighted by Gasteiger charge is 2.36. The fraction of sp³-hybridized carbons (Fsp3) is 0.667. The van der Waals surface area contributed by atoms with Crippen LogP contribution in [0.3, 0.4) is 0 Å². The molecule has 0 aliphatic carbocycles. The maximum atomic E-state index is 14.1. The summed E-state index contributed by atoms with van der Waals surface area (Å²) < 4.78 is 5.39. The molecule has 3 unspecified atom stereocenters. The Balaban J connectivity index is 3.50. The van der Waals surface area contributed by atoms with Crippen LogP contribution in [-0.4, -0.2) is 52.9 Å². The number of ether oxygens (including phenoxy) is 1. The van der Waals surface area contributed by atoms with Crippen molar-refractivity contribution in [3.8, 4) is 0 Å². The maximum absolute atomic E-state index is 14.1. The Morgan fingerprint density at radius 2 is 1.59 bits per heavy atom. The molecule has 0 saturated heterocycles. The molecule has 0 fully saturated rings. The highest BCUT2D eigenvalue weighted by Crippen LogP contribution is 2.25. The third kappa shape index (κ3) is 13.0. The Morgan fingerprint density at radius 3 is 2.13 bits per heavy atom. The van der Waals surface area contributed by atoms with E-state index in [9.17, 15) is 19.2 Å². The molecule has 1 rings (SSSR count). The van der Waals surface area contributed by atoms with E-state index in [0.29, 0.717) is 18.5 Å². The van der Waals surface area contributed by atoms with Crippen LogP contribution in [0.15, 0.2) is 24.3 Å². The lowest BCUT2D eigenvalue weighted by Gasteiger charge is -2.35. The largest absolute Gasteiger partial charge is 0.444 e. The van der Waals surface area contributed by atoms with Gasteiger partial charge in [0.2, 0.25) is 17.7 Å². The lowest BCUT2D eigenvalue weighted by atomic mass is 9.99. The molecule has 0 bridgehead atoms. The van der Waals surface area contributed by atoms with E-state index < -0.39 is 35.6 Å². The van der Waals surface area contributed by atoms with Gasteiger partial charge < -0.3 is 26.0 Å². The van der Waals surface area contributed by atoms with Gasteiger partial charge in [0.1, 0.15) is 17.7 Å². The van der Waals surface area contributed by atoms with E-state index >= 15 is 0 Å². The summed E-state index contributed by atoms with van der Waals surface area (Å²) in [6.45, 7) is 13.5. The molecule has 0 radical (unpaired) electrons. The smallest absolute Gasteiger partial charge is 0.408 e. The molecule has 0 spiro atoms. The minimum atomic E-state index is -1.09. The molecule has 9 heteroatoms. The zero-order valence-electron chi connectivity index (χ0n) is 25.0. The average Bonchev–Trinajstić information content (AvgIpc) is 2.83. The highest BCUT2D eigenvalue weighted by atomic mass is 16.6. The van der Waals surface area contributed by atoms with Gasteiger partial charge in [-0.2, -0.15) is 0 Å². The molecular weight excluding hydrogens is 496 g/mol. The van der Waals surface area contributed by atoms with E-state index in [0.717, 1.165) is 37.7 Å². The van der Waals surface area contributed by atoms with Gasteiger partial charge in [-0.1, -0.05) is 69.4 Å². The van der Waals surface area contributed by atoms with Gasteiger partial charge >= 0.3 is 6.09 Å². The number of amides is 4. The maximum Gasteiger partial charge on any atom is 0.408 e. The summed E-state index contributed by atoms with van der Waals surface area (Å²) in [5.74, 6) is -1.33. The Morgan fingerprint density at radius 1 is 0.949 bits per heavy atom. The van der Waals surface area contributed by atoms with Gasteiger partial charge in [0.25, 0.3) is 0 Å². The van der Waals surface area contributed by atoms with Crippen LogP contribution >= 0.6 is 0 Å². The number of unbranched alkanes of at least 4 members (excludes halogenated alkanes) is 3. The second kappa shape index (κ2) is 16.8. The van der Waals surface area contributed by atoms with Crippen molar-refractivity contribution >= 4 is 23.8 Å². The Bertz CT molecular complexity index is 926. The number of nitrogens with two attached hydrogens (primary N) is 1. The number of hydrogen-bond donors (Lipinski definition) is 3. The normalized spacial score (nSPS) is 13.6. The number of nitrogens with one attached hydrogen (secondary N) is 2. The summed E-state index contributed by atoms with van der Waals surface area (Å²) >= 11 is 0. The first-order chi connectivity index (χ1) is 18.3. The van der Waals surface area contributed by atoms with Crippen LogP contribution in [0.2, 0.25) is 0 Å². The number of aryl methyl sites for hydroxylation is 1. The molecule has 4 N–H and O–H groups in total. The lowest BCUT2D eigenvalue weighted by molar-refractivity contribution is -0.143. The summed E-state index contributed by atoms with van der Waals surface area (Å²) in [7, 11) is 0. The molecule has 39 heavy (non-hydrogen) atoms. The van der Waals surface area contributed by atoms with Crippen molar-refractivity contribution in [3.05, 3.63) is 35.4 Å². The number of nitrogens with zero attached hydrogens (tertiary/aromatic N) is 1. The van der Waals surface area contributed by atoms with E-state index in [1.54, 1.807) is 20.8 Å². The van der Waals surface area contributed by atoms with Crippen LogP contribution in [0.25, 0.3) is 0 Å². The van der Waals surface area contributed by atoms with E-state index in [-0.39, 0.29) is 24.8 Å². The summed E-state index contributed by atoms with van der Waals surface area (Å²) in [5.41, 5.74) is 6.32. The predicted molar refractivity (Wildman–Crippen MR) is 154 cm³/mol. The van der Waals surface area contributed by atoms with Crippen molar-refractivity contribution in [1.82, 2.24) is 15.5 Å². The van der Waals surface area contributed by atoms with Gasteiger partial charge in [0.15, 0.2) is 0 Å². The molecule has 220 valence electrons. The van der Waals surface area contributed by atoms with Gasteiger partial charge in [-0.15, -0.1) is 0 Å². The van der Waals surface area contributed by atoms with Crippen molar-refractivity contribution in [2.45, 2.75) is 124 Å². The van der Waals surface area contributed by atoms with Crippen molar-refractivity contribution in [2.24, 2.45) is 5.73 Å². The second-order valence-corrected chi connectivity index (χ2v) is 11.3. The van der Waals surface area contributed by atoms with Crippen LogP contribution in [0.1, 0.15) is 110 Å². The van der Waals surface area contributed by atoms with Gasteiger partial charge in [0.05, 0.1) is 0 Å². The third-order valence-corrected chi connectivity index (χ3v) is 6.27. The molecule has 0 saturated carbocycles. The Kier molecular flexibility index (Phi) is 14.6. The lowest BCUT2D eigenvalue weighted by Crippen LogP contribution is -2.54. The molecule has 0 aliphatic heterocycles. The van der Waals surface area contributed by atoms with Gasteiger partial charge in [-0.05, 0) is 59.4 Å². The molecule has 0 heterocycles. The monoisotopic (exact) mass is 546 g/mol. The number of benzene rings is 1. The Labute approximate surface area is 234 Å². The van der Waals surface area contributed by atoms with Gasteiger partial charge in [0, 0.05) is 19.0 Å². The molecule has 4 amide bonds. The molecule has 3 atom stereocenters. The van der Waals surface area contributed by atoms with E-state index in [4.69, 9.17) is 10.5 Å². The predicted octanol–water partition coefficient (Wildman–Crippen LogP) is 4.91. The van der Waals surface area contributed by atoms with Crippen LogP contribution in [0.4, 0.5) is 4.79 Å². The molecule has 0 aromatic heterocycles. The molecule has 1 aromatic carbocycles. The minimum Gasteiger partial charge on any atom is -0.444 e. The van der Waals surface area contributed by atoms with Crippen molar-refractivity contribution < 1.29 is 23.9 Å². The van der Waals surface area contributed by atoms with E-state index in [2.05, 4.69) is 24.5 Å². The summed E-state index contributed by atoms with van der Waals surface area (Å²) in [6.07, 6.45) is 4.42. The number of primary amides is 1. The Hall–Kier alpha value is -3.10. The standard InChI is InChI=1S/C30H50N4O5/c1-8-10-11-12-20-34(28(37)24(18-19-25(31)35)33-29(38)39-30(5,6)7)26(23-16-14-21(3)15-17-23)27(36)32-22(4)13-9-2/h14-17,22,24,26H,8-13,18-20H2,1-7H3,(H2,31,35)(H,32,36)(H,33,38). The van der Waals surface area contributed by atoms with E-state index in [1.807, 2.05) is 38.1 Å². The number of hydrogen-bond acceptors (Lipinski definition) is 5. The fourth-order valence-corrected chi connectivity index (χ4v) is 4.32. The van der Waals surface area contributed by atoms with Crippen molar-refractivity contribution in [3.63, 3.8) is 0 Å². The zero-order valence-corrected chi connectivity index (χ0v) is 25.0. The highest BCUT2D eigenvalue weighted by molar-refractivity contribution is 5.92. The fourth-order valence-electron chi connectivity index (χ4n) is 4.32. The van der Waals surface area contributed by atoms with Gasteiger partial charge in [-0.25, -0.2) is 4.79 Å². The quantitative estimate of drug-likeness (QED) is 0.254. The average molecular weight is 547 g/mol. The number of carbonyl (C=O) groups excluding carboxylic acids is 4. The second-order valence-electron chi connectivity index (χ2n) is 11.3. The van der Waals surface area contributed by atoms with Gasteiger partial charge in [-0.3, -0.25) is 14.4 Å². The minimum absolute atomic E-state index is 0.00660. The summed E-state index contributed by atoms with van der Waals surface area (Å²) in [5, 5.41) is 5.71. The SMILES string of the molecule is CCCCCCN(C(=O)C(CCC(N)=O)NC(=O)OC(C)(C)C)C(C(=O)NC(C)CCC)c1ccc(C)cc1. The first-order valence-corrected chi connectivity index (χ1v) is 14.2. The molecule has 0 aliphatic rings.